The molecular formula is C24H29N3O2. The van der Waals surface area contributed by atoms with Crippen LogP contribution < -0.4 is 4.90 Å². The number of likely N-dealkylation sites (N-methyl/N-ethyl adjacent to an activating group) is 1. The summed E-state index contributed by atoms with van der Waals surface area (Å²) in [5.74, 6) is -1.08. The van der Waals surface area contributed by atoms with Crippen LogP contribution in [0.1, 0.15) is 46.8 Å². The standard InChI is InChI=1S/C24H29N3O2/c1-5-26(6-2)14-13-25-16-22-20-9-7-8-10-21(20)23(28)27(24(22)29)19-12-11-17(3)18(4)15-19/h7-12,15-16,22H,5-6,13-14H2,1-4H3. The molecular weight excluding hydrogens is 362 g/mol. The zero-order chi connectivity index (χ0) is 21.0. The van der Waals surface area contributed by atoms with Crippen molar-refractivity contribution >= 4 is 23.7 Å². The Kier molecular flexibility index (Phi) is 6.60. The van der Waals surface area contributed by atoms with Crippen LogP contribution in [0.5, 0.6) is 0 Å². The van der Waals surface area contributed by atoms with Gasteiger partial charge in [-0.25, -0.2) is 4.90 Å². The SMILES string of the molecule is CCN(CC)CCN=CC1C(=O)N(c2ccc(C)c(C)c2)C(=O)c2ccccc21. The number of nitrogens with zero attached hydrogens (tertiary/aromatic N) is 3. The Bertz CT molecular complexity index is 931. The molecule has 0 N–H and O–H groups in total. The van der Waals surface area contributed by atoms with Gasteiger partial charge in [-0.15, -0.1) is 0 Å². The quantitative estimate of drug-likeness (QED) is 0.530. The van der Waals surface area contributed by atoms with E-state index < -0.39 is 5.92 Å². The van der Waals surface area contributed by atoms with E-state index in [-0.39, 0.29) is 11.8 Å². The highest BCUT2D eigenvalue weighted by Crippen LogP contribution is 2.32. The van der Waals surface area contributed by atoms with Gasteiger partial charge in [0.15, 0.2) is 0 Å². The lowest BCUT2D eigenvalue weighted by molar-refractivity contribution is -0.118. The number of amides is 2. The summed E-state index contributed by atoms with van der Waals surface area (Å²) in [6.07, 6.45) is 1.71. The number of carbonyl (C=O) groups is 2. The second kappa shape index (κ2) is 9.14. The molecule has 1 unspecified atom stereocenters. The Labute approximate surface area is 173 Å². The third-order valence-electron chi connectivity index (χ3n) is 5.66. The van der Waals surface area contributed by atoms with E-state index in [9.17, 15) is 9.59 Å². The molecule has 1 aliphatic rings. The smallest absolute Gasteiger partial charge is 0.265 e. The minimum absolute atomic E-state index is 0.247. The summed E-state index contributed by atoms with van der Waals surface area (Å²) < 4.78 is 0. The van der Waals surface area contributed by atoms with E-state index in [1.165, 1.54) is 4.90 Å². The van der Waals surface area contributed by atoms with Crippen LogP contribution in [0.3, 0.4) is 0 Å². The third kappa shape index (κ3) is 4.30. The molecule has 0 fully saturated rings. The van der Waals surface area contributed by atoms with Gasteiger partial charge in [-0.2, -0.15) is 0 Å². The van der Waals surface area contributed by atoms with Crippen LogP contribution in [-0.4, -0.2) is 49.1 Å². The van der Waals surface area contributed by atoms with Gasteiger partial charge in [-0.05, 0) is 61.8 Å². The van der Waals surface area contributed by atoms with Crippen LogP contribution >= 0.6 is 0 Å². The molecule has 0 radical (unpaired) electrons. The van der Waals surface area contributed by atoms with Crippen LogP contribution in [0.2, 0.25) is 0 Å². The molecule has 2 amide bonds. The number of fused-ring (bicyclic) bond motifs is 1. The van der Waals surface area contributed by atoms with Gasteiger partial charge >= 0.3 is 0 Å². The Morgan fingerprint density at radius 2 is 1.76 bits per heavy atom. The molecule has 0 bridgehead atoms. The van der Waals surface area contributed by atoms with Gasteiger partial charge in [0.2, 0.25) is 5.91 Å². The minimum Gasteiger partial charge on any atom is -0.302 e. The van der Waals surface area contributed by atoms with E-state index in [0.29, 0.717) is 17.8 Å². The maximum atomic E-state index is 13.3. The average Bonchev–Trinajstić information content (AvgIpc) is 2.73. The number of imide groups is 1. The van der Waals surface area contributed by atoms with Crippen molar-refractivity contribution in [2.24, 2.45) is 4.99 Å². The summed E-state index contributed by atoms with van der Waals surface area (Å²) in [5, 5.41) is 0. The van der Waals surface area contributed by atoms with E-state index in [0.717, 1.165) is 36.3 Å². The van der Waals surface area contributed by atoms with Crippen molar-refractivity contribution in [1.82, 2.24) is 4.90 Å². The normalized spacial score (nSPS) is 16.7. The van der Waals surface area contributed by atoms with Gasteiger partial charge in [0.05, 0.1) is 18.2 Å². The number of benzene rings is 2. The molecule has 152 valence electrons. The fourth-order valence-electron chi connectivity index (χ4n) is 3.63. The van der Waals surface area contributed by atoms with Crippen LogP contribution in [0.15, 0.2) is 47.5 Å². The lowest BCUT2D eigenvalue weighted by Crippen LogP contribution is -2.45. The lowest BCUT2D eigenvalue weighted by Gasteiger charge is -2.31. The van der Waals surface area contributed by atoms with Gasteiger partial charge in [-0.3, -0.25) is 14.6 Å². The zero-order valence-corrected chi connectivity index (χ0v) is 17.7. The van der Waals surface area contributed by atoms with Crippen LogP contribution in [0.4, 0.5) is 5.69 Å². The average molecular weight is 392 g/mol. The first-order chi connectivity index (χ1) is 14.0. The van der Waals surface area contributed by atoms with Crippen LogP contribution in [0.25, 0.3) is 0 Å². The van der Waals surface area contributed by atoms with E-state index >= 15 is 0 Å². The monoisotopic (exact) mass is 391 g/mol. The molecule has 2 aromatic carbocycles. The van der Waals surface area contributed by atoms with Crippen molar-refractivity contribution < 1.29 is 9.59 Å². The maximum absolute atomic E-state index is 13.3. The summed E-state index contributed by atoms with van der Waals surface area (Å²) in [5.41, 5.74) is 4.07. The zero-order valence-electron chi connectivity index (χ0n) is 17.7. The van der Waals surface area contributed by atoms with E-state index in [2.05, 4.69) is 23.7 Å². The first-order valence-corrected chi connectivity index (χ1v) is 10.2. The topological polar surface area (TPSA) is 53.0 Å². The predicted octanol–water partition coefficient (Wildman–Crippen LogP) is 3.99. The highest BCUT2D eigenvalue weighted by atomic mass is 16.2. The molecule has 0 spiro atoms. The molecule has 1 heterocycles. The number of rotatable bonds is 7. The summed E-state index contributed by atoms with van der Waals surface area (Å²) in [6.45, 7) is 11.7. The largest absolute Gasteiger partial charge is 0.302 e. The van der Waals surface area contributed by atoms with Crippen molar-refractivity contribution in [3.63, 3.8) is 0 Å². The van der Waals surface area contributed by atoms with Crippen molar-refractivity contribution in [3.05, 3.63) is 64.7 Å². The number of aryl methyl sites for hydroxylation is 2. The number of carbonyl (C=O) groups excluding carboxylic acids is 2. The van der Waals surface area contributed by atoms with Gasteiger partial charge in [0.1, 0.15) is 0 Å². The summed E-state index contributed by atoms with van der Waals surface area (Å²) >= 11 is 0. The highest BCUT2D eigenvalue weighted by molar-refractivity contribution is 6.29. The summed E-state index contributed by atoms with van der Waals surface area (Å²) in [4.78, 5) is 34.6. The number of hydrogen-bond acceptors (Lipinski definition) is 4. The van der Waals surface area contributed by atoms with Gasteiger partial charge in [0.25, 0.3) is 5.91 Å². The molecule has 3 rings (SSSR count). The predicted molar refractivity (Wildman–Crippen MR) is 118 cm³/mol. The highest BCUT2D eigenvalue weighted by Gasteiger charge is 2.38. The maximum Gasteiger partial charge on any atom is 0.265 e. The molecule has 0 saturated heterocycles. The molecule has 1 atom stereocenters. The second-order valence-electron chi connectivity index (χ2n) is 7.39. The Morgan fingerprint density at radius 3 is 2.45 bits per heavy atom. The van der Waals surface area contributed by atoms with Crippen molar-refractivity contribution in [1.29, 1.82) is 0 Å². The fraction of sp³-hybridized carbons (Fsp3) is 0.375. The Balaban J connectivity index is 1.93. The molecule has 2 aromatic rings. The fourth-order valence-corrected chi connectivity index (χ4v) is 3.63. The van der Waals surface area contributed by atoms with Crippen LogP contribution in [-0.2, 0) is 4.79 Å². The molecule has 5 heteroatoms. The van der Waals surface area contributed by atoms with Gasteiger partial charge < -0.3 is 4.90 Å². The Hall–Kier alpha value is -2.79. The molecule has 29 heavy (non-hydrogen) atoms. The third-order valence-corrected chi connectivity index (χ3v) is 5.66. The van der Waals surface area contributed by atoms with E-state index in [4.69, 9.17) is 0 Å². The molecule has 0 saturated carbocycles. The molecule has 0 aromatic heterocycles. The number of aliphatic imine (C=N–C) groups is 1. The van der Waals surface area contributed by atoms with Gasteiger partial charge in [-0.1, -0.05) is 38.1 Å². The molecule has 5 nitrogen and oxygen atoms in total. The Morgan fingerprint density at radius 1 is 1.03 bits per heavy atom. The summed E-state index contributed by atoms with van der Waals surface area (Å²) in [7, 11) is 0. The number of anilines is 1. The lowest BCUT2D eigenvalue weighted by atomic mass is 9.88. The van der Waals surface area contributed by atoms with E-state index in [1.807, 2.05) is 50.2 Å². The molecule has 0 aliphatic carbocycles. The van der Waals surface area contributed by atoms with Crippen molar-refractivity contribution in [2.75, 3.05) is 31.1 Å². The van der Waals surface area contributed by atoms with E-state index in [1.54, 1.807) is 12.3 Å². The summed E-state index contributed by atoms with van der Waals surface area (Å²) in [6, 6.07) is 13.0. The van der Waals surface area contributed by atoms with Crippen molar-refractivity contribution in [2.45, 2.75) is 33.6 Å². The van der Waals surface area contributed by atoms with Crippen LogP contribution in [0, 0.1) is 13.8 Å². The first kappa shape index (κ1) is 20.9. The first-order valence-electron chi connectivity index (χ1n) is 10.2. The molecule has 1 aliphatic heterocycles. The van der Waals surface area contributed by atoms with Crippen molar-refractivity contribution in [3.8, 4) is 0 Å². The second-order valence-corrected chi connectivity index (χ2v) is 7.39. The van der Waals surface area contributed by atoms with Gasteiger partial charge in [0, 0.05) is 18.3 Å². The number of hydrogen-bond donors (Lipinski definition) is 0. The minimum atomic E-state index is -0.554.